The zero-order valence-electron chi connectivity index (χ0n) is 12.8. The molecule has 2 rings (SSSR count). The van der Waals surface area contributed by atoms with Crippen LogP contribution in [0.15, 0.2) is 30.7 Å². The molecule has 0 aliphatic carbocycles. The lowest BCUT2D eigenvalue weighted by Crippen LogP contribution is -2.30. The smallest absolute Gasteiger partial charge is 0.206 e. The average Bonchev–Trinajstić information content (AvgIpc) is 2.88. The predicted molar refractivity (Wildman–Crippen MR) is 96.7 cm³/mol. The van der Waals surface area contributed by atoms with Crippen molar-refractivity contribution in [2.75, 3.05) is 23.5 Å². The molecule has 2 aromatic rings. The molecular weight excluding hydrogens is 356 g/mol. The number of hydrogen-bond acceptors (Lipinski definition) is 4. The van der Waals surface area contributed by atoms with Crippen LogP contribution in [0.5, 0.6) is 0 Å². The molecule has 0 spiro atoms. The van der Waals surface area contributed by atoms with Gasteiger partial charge < -0.3 is 10.1 Å². The molecule has 9 heteroatoms. The lowest BCUT2D eigenvalue weighted by molar-refractivity contribution is -0.605. The highest BCUT2D eigenvalue weighted by Gasteiger charge is 2.18. The molecule has 0 aliphatic rings. The zero-order valence-corrected chi connectivity index (χ0v) is 15.2. The number of thiocarbonyl (C=S) groups is 1. The van der Waals surface area contributed by atoms with Crippen molar-refractivity contribution in [3.8, 4) is 5.69 Å². The van der Waals surface area contributed by atoms with Gasteiger partial charge in [-0.15, -0.1) is 0 Å². The Kier molecular flexibility index (Phi) is 6.09. The topological polar surface area (TPSA) is 65.1 Å². The van der Waals surface area contributed by atoms with Crippen LogP contribution in [-0.2, 0) is 10.8 Å². The third-order valence-corrected chi connectivity index (χ3v) is 4.66. The van der Waals surface area contributed by atoms with Gasteiger partial charge in [-0.1, -0.05) is 23.8 Å². The highest BCUT2D eigenvalue weighted by Crippen LogP contribution is 2.26. The summed E-state index contributed by atoms with van der Waals surface area (Å²) in [6, 6.07) is 3.40. The van der Waals surface area contributed by atoms with Crippen molar-refractivity contribution in [2.45, 2.75) is 13.3 Å². The molecule has 0 amide bonds. The zero-order chi connectivity index (χ0) is 17.0. The van der Waals surface area contributed by atoms with Gasteiger partial charge in [0.2, 0.25) is 6.20 Å². The summed E-state index contributed by atoms with van der Waals surface area (Å²) in [5, 5.41) is 15.9. The summed E-state index contributed by atoms with van der Waals surface area (Å²) in [6.07, 6.45) is 6.73. The van der Waals surface area contributed by atoms with Gasteiger partial charge in [0, 0.05) is 41.8 Å². The summed E-state index contributed by atoms with van der Waals surface area (Å²) in [5.74, 6) is 0.510. The third-order valence-electron chi connectivity index (χ3n) is 3.19. The molecule has 0 bridgehead atoms. The number of halogens is 1. The number of hydrogen-bond donors (Lipinski definition) is 0. The fourth-order valence-electron chi connectivity index (χ4n) is 2.08. The number of nitrogens with zero attached hydrogens (tertiary/aromatic N) is 4. The van der Waals surface area contributed by atoms with Crippen molar-refractivity contribution in [1.82, 2.24) is 9.78 Å². The van der Waals surface area contributed by atoms with Gasteiger partial charge in [0.1, 0.15) is 5.69 Å². The van der Waals surface area contributed by atoms with Crippen LogP contribution in [0.4, 0.5) is 5.69 Å². The normalized spacial score (nSPS) is 12.1. The maximum Gasteiger partial charge on any atom is 0.206 e. The van der Waals surface area contributed by atoms with Crippen LogP contribution < -0.4 is 9.63 Å². The fraction of sp³-hybridized carbons (Fsp3) is 0.357. The lowest BCUT2D eigenvalue weighted by atomic mass is 10.3. The van der Waals surface area contributed by atoms with Crippen LogP contribution in [-0.4, -0.2) is 37.5 Å². The molecule has 0 aromatic carbocycles. The molecular formula is C14H17ClN4O2S2. The first kappa shape index (κ1) is 17.8. The minimum absolute atomic E-state index is 0.299. The maximum atomic E-state index is 11.4. The van der Waals surface area contributed by atoms with Crippen LogP contribution >= 0.6 is 23.8 Å². The summed E-state index contributed by atoms with van der Waals surface area (Å²) >= 11 is 11.7. The van der Waals surface area contributed by atoms with Crippen LogP contribution in [0.25, 0.3) is 5.69 Å². The van der Waals surface area contributed by atoms with E-state index in [2.05, 4.69) is 5.10 Å². The van der Waals surface area contributed by atoms with E-state index in [0.717, 1.165) is 0 Å². The molecule has 0 N–H and O–H groups in total. The van der Waals surface area contributed by atoms with Gasteiger partial charge >= 0.3 is 0 Å². The Balaban J connectivity index is 2.28. The highest BCUT2D eigenvalue weighted by molar-refractivity contribution is 7.84. The molecule has 1 atom stereocenters. The number of aromatic nitrogens is 3. The van der Waals surface area contributed by atoms with E-state index in [-0.39, 0.29) is 0 Å². The number of anilines is 1. The van der Waals surface area contributed by atoms with Crippen LogP contribution in [0.2, 0.25) is 5.15 Å². The Morgan fingerprint density at radius 3 is 2.96 bits per heavy atom. The average molecular weight is 373 g/mol. The molecule has 2 heterocycles. The van der Waals surface area contributed by atoms with E-state index in [9.17, 15) is 9.42 Å². The van der Waals surface area contributed by atoms with E-state index in [1.54, 1.807) is 24.6 Å². The second-order valence-electron chi connectivity index (χ2n) is 4.84. The van der Waals surface area contributed by atoms with E-state index < -0.39 is 10.8 Å². The molecule has 6 nitrogen and oxygen atoms in total. The van der Waals surface area contributed by atoms with Crippen molar-refractivity contribution >= 4 is 45.3 Å². The van der Waals surface area contributed by atoms with Gasteiger partial charge in [0.05, 0.1) is 16.9 Å². The van der Waals surface area contributed by atoms with E-state index in [4.69, 9.17) is 23.8 Å². The minimum atomic E-state index is -0.899. The van der Waals surface area contributed by atoms with Crippen molar-refractivity contribution in [1.29, 1.82) is 0 Å². The molecule has 0 saturated carbocycles. The Bertz CT molecular complexity index is 735. The fourth-order valence-corrected chi connectivity index (χ4v) is 3.25. The summed E-state index contributed by atoms with van der Waals surface area (Å²) in [6.45, 7) is 2.58. The van der Waals surface area contributed by atoms with Gasteiger partial charge in [-0.25, -0.2) is 4.68 Å². The molecule has 23 heavy (non-hydrogen) atoms. The van der Waals surface area contributed by atoms with Crippen LogP contribution in [0.3, 0.4) is 0 Å². The summed E-state index contributed by atoms with van der Waals surface area (Å²) in [7, 11) is -0.899. The van der Waals surface area contributed by atoms with E-state index in [1.807, 2.05) is 11.8 Å². The summed E-state index contributed by atoms with van der Waals surface area (Å²) in [4.78, 5) is 2.53. The standard InChI is InChI=1S/C14H17ClN4O2S2/c1-3-18(13(22)6-8-23(2)21)12-10-19(16-14(12)15)11-5-4-7-17(20)9-11/h4-5,7,9-10H,3,6,8H2,1-2H3. The van der Waals surface area contributed by atoms with Gasteiger partial charge in [-0.05, 0) is 13.0 Å². The van der Waals surface area contributed by atoms with Gasteiger partial charge in [-0.3, -0.25) is 4.21 Å². The summed E-state index contributed by atoms with van der Waals surface area (Å²) < 4.78 is 13.5. The molecule has 124 valence electrons. The molecule has 1 unspecified atom stereocenters. The number of pyridine rings is 1. The minimum Gasteiger partial charge on any atom is -0.619 e. The molecule has 0 saturated heterocycles. The quantitative estimate of drug-likeness (QED) is 0.441. The monoisotopic (exact) mass is 372 g/mol. The van der Waals surface area contributed by atoms with Crippen molar-refractivity contribution in [2.24, 2.45) is 0 Å². The van der Waals surface area contributed by atoms with Gasteiger partial charge in [-0.2, -0.15) is 9.83 Å². The van der Waals surface area contributed by atoms with Gasteiger partial charge in [0.15, 0.2) is 11.3 Å². The predicted octanol–water partition coefficient (Wildman–Crippen LogP) is 2.08. The Labute approximate surface area is 147 Å². The van der Waals surface area contributed by atoms with E-state index in [1.165, 1.54) is 17.1 Å². The van der Waals surface area contributed by atoms with Crippen molar-refractivity contribution in [3.05, 3.63) is 41.1 Å². The van der Waals surface area contributed by atoms with Crippen molar-refractivity contribution in [3.63, 3.8) is 0 Å². The first-order valence-corrected chi connectivity index (χ1v) is 9.48. The lowest BCUT2D eigenvalue weighted by Gasteiger charge is -2.22. The second kappa shape index (κ2) is 7.85. The number of rotatable bonds is 6. The molecule has 0 radical (unpaired) electrons. The Morgan fingerprint density at radius 1 is 1.61 bits per heavy atom. The van der Waals surface area contributed by atoms with E-state index in [0.29, 0.717) is 45.0 Å². The van der Waals surface area contributed by atoms with Gasteiger partial charge in [0.25, 0.3) is 0 Å². The summed E-state index contributed by atoms with van der Waals surface area (Å²) in [5.41, 5.74) is 1.27. The first-order chi connectivity index (χ1) is 10.9. The molecule has 0 aliphatic heterocycles. The maximum absolute atomic E-state index is 11.4. The SMILES string of the molecule is CCN(C(=S)CCS(C)=O)c1cn(-c2ccc[n+]([O-])c2)nc1Cl. The van der Waals surface area contributed by atoms with Crippen molar-refractivity contribution < 1.29 is 8.94 Å². The second-order valence-corrected chi connectivity index (χ2v) is 7.22. The third kappa shape index (κ3) is 4.49. The Hall–Kier alpha value is -1.51. The van der Waals surface area contributed by atoms with E-state index >= 15 is 0 Å². The highest BCUT2D eigenvalue weighted by atomic mass is 35.5. The largest absolute Gasteiger partial charge is 0.619 e. The van der Waals surface area contributed by atoms with Crippen LogP contribution in [0, 0.1) is 5.21 Å². The van der Waals surface area contributed by atoms with Crippen LogP contribution in [0.1, 0.15) is 13.3 Å². The first-order valence-electron chi connectivity index (χ1n) is 6.97. The Morgan fingerprint density at radius 2 is 2.35 bits per heavy atom. The molecule has 0 fully saturated rings. The molecule has 2 aromatic heterocycles.